The first-order valence-corrected chi connectivity index (χ1v) is 16.1. The molecule has 45 heavy (non-hydrogen) atoms. The molecule has 0 saturated carbocycles. The second kappa shape index (κ2) is 12.4. The van der Waals surface area contributed by atoms with Crippen LogP contribution in [0, 0.1) is 10.1 Å². The van der Waals surface area contributed by atoms with Crippen LogP contribution in [-0.2, 0) is 16.6 Å². The highest BCUT2D eigenvalue weighted by Crippen LogP contribution is 2.33. The Balaban J connectivity index is 1.27. The topological polar surface area (TPSA) is 134 Å². The molecule has 1 amide bonds. The maximum Gasteiger partial charge on any atom is 0.293 e. The molecule has 0 aromatic heterocycles. The third kappa shape index (κ3) is 6.22. The molecular formula is C33H31N5O6S. The Labute approximate surface area is 261 Å². The summed E-state index contributed by atoms with van der Waals surface area (Å²) >= 11 is 0. The first kappa shape index (κ1) is 29.8. The van der Waals surface area contributed by atoms with Crippen LogP contribution in [0.4, 0.5) is 22.7 Å². The predicted molar refractivity (Wildman–Crippen MR) is 173 cm³/mol. The number of amidine groups is 1. The minimum atomic E-state index is -3.87. The second-order valence-electron chi connectivity index (χ2n) is 10.7. The summed E-state index contributed by atoms with van der Waals surface area (Å²) in [5.41, 5.74) is 3.22. The summed E-state index contributed by atoms with van der Waals surface area (Å²) in [4.78, 5) is 33.2. The third-order valence-corrected chi connectivity index (χ3v) is 9.19. The molecule has 1 fully saturated rings. The molecule has 2 aliphatic rings. The van der Waals surface area contributed by atoms with E-state index < -0.39 is 20.9 Å². The van der Waals surface area contributed by atoms with E-state index in [2.05, 4.69) is 9.71 Å². The number of amides is 1. The summed E-state index contributed by atoms with van der Waals surface area (Å²) in [6.45, 7) is 4.26. The van der Waals surface area contributed by atoms with Crippen molar-refractivity contribution in [3.63, 3.8) is 0 Å². The molecule has 0 radical (unpaired) electrons. The molecule has 1 N–H and O–H groups in total. The number of fused-ring (bicyclic) bond motifs is 1. The molecular weight excluding hydrogens is 594 g/mol. The molecule has 230 valence electrons. The fourth-order valence-corrected chi connectivity index (χ4v) is 6.65. The van der Waals surface area contributed by atoms with Crippen LogP contribution in [0.25, 0.3) is 0 Å². The molecule has 12 heteroatoms. The van der Waals surface area contributed by atoms with Crippen molar-refractivity contribution in [1.29, 1.82) is 0 Å². The molecule has 4 aromatic carbocycles. The minimum Gasteiger partial charge on any atom is -0.494 e. The van der Waals surface area contributed by atoms with E-state index in [4.69, 9.17) is 4.74 Å². The van der Waals surface area contributed by atoms with E-state index in [1.807, 2.05) is 41.0 Å². The van der Waals surface area contributed by atoms with Gasteiger partial charge in [-0.25, -0.2) is 8.42 Å². The largest absolute Gasteiger partial charge is 0.494 e. The average molecular weight is 626 g/mol. The number of nitrogens with one attached hydrogen (secondary N) is 1. The van der Waals surface area contributed by atoms with Gasteiger partial charge in [-0.15, -0.1) is 0 Å². The van der Waals surface area contributed by atoms with Crippen molar-refractivity contribution >= 4 is 44.5 Å². The van der Waals surface area contributed by atoms with E-state index in [0.717, 1.165) is 37.1 Å². The lowest BCUT2D eigenvalue weighted by Crippen LogP contribution is -2.25. The van der Waals surface area contributed by atoms with E-state index in [1.165, 1.54) is 18.2 Å². The number of nitrogens with zero attached hydrogens (tertiary/aromatic N) is 4. The van der Waals surface area contributed by atoms with Crippen LogP contribution in [0.3, 0.4) is 0 Å². The van der Waals surface area contributed by atoms with Crippen molar-refractivity contribution in [2.45, 2.75) is 31.2 Å². The molecule has 11 nitrogen and oxygen atoms in total. The van der Waals surface area contributed by atoms with Gasteiger partial charge in [0, 0.05) is 41.7 Å². The molecule has 0 spiro atoms. The molecule has 1 saturated heterocycles. The van der Waals surface area contributed by atoms with Gasteiger partial charge in [-0.2, -0.15) is 4.99 Å². The lowest BCUT2D eigenvalue weighted by Gasteiger charge is -2.20. The Morgan fingerprint density at radius 2 is 1.69 bits per heavy atom. The molecule has 0 aliphatic carbocycles. The van der Waals surface area contributed by atoms with E-state index in [0.29, 0.717) is 41.8 Å². The van der Waals surface area contributed by atoms with Gasteiger partial charge in [-0.1, -0.05) is 24.3 Å². The summed E-state index contributed by atoms with van der Waals surface area (Å²) < 4.78 is 34.2. The number of nitro groups is 1. The second-order valence-corrected chi connectivity index (χ2v) is 12.4. The third-order valence-electron chi connectivity index (χ3n) is 7.79. The van der Waals surface area contributed by atoms with Crippen molar-refractivity contribution in [2.75, 3.05) is 34.2 Å². The highest BCUT2D eigenvalue weighted by Gasteiger charge is 2.29. The van der Waals surface area contributed by atoms with E-state index in [9.17, 15) is 23.3 Å². The zero-order valence-corrected chi connectivity index (χ0v) is 25.4. The monoisotopic (exact) mass is 625 g/mol. The Morgan fingerprint density at radius 1 is 0.978 bits per heavy atom. The van der Waals surface area contributed by atoms with Gasteiger partial charge >= 0.3 is 0 Å². The Kier molecular flexibility index (Phi) is 8.22. The van der Waals surface area contributed by atoms with Crippen molar-refractivity contribution in [3.05, 3.63) is 118 Å². The van der Waals surface area contributed by atoms with Crippen molar-refractivity contribution < 1.29 is 22.9 Å². The van der Waals surface area contributed by atoms with Crippen LogP contribution in [0.5, 0.6) is 5.75 Å². The van der Waals surface area contributed by atoms with E-state index in [-0.39, 0.29) is 16.1 Å². The van der Waals surface area contributed by atoms with Gasteiger partial charge in [-0.05, 0) is 86.0 Å². The zero-order chi connectivity index (χ0) is 31.6. The maximum atomic E-state index is 13.5. The number of carbonyl (C=O) groups is 1. The van der Waals surface area contributed by atoms with Crippen molar-refractivity contribution in [1.82, 2.24) is 0 Å². The lowest BCUT2D eigenvalue weighted by atomic mass is 10.1. The quantitative estimate of drug-likeness (QED) is 0.177. The van der Waals surface area contributed by atoms with Crippen LogP contribution in [0.2, 0.25) is 0 Å². The molecule has 2 heterocycles. The normalized spacial score (nSPS) is 15.3. The van der Waals surface area contributed by atoms with Crippen molar-refractivity contribution in [3.8, 4) is 5.75 Å². The maximum absolute atomic E-state index is 13.5. The van der Waals surface area contributed by atoms with Gasteiger partial charge in [-0.3, -0.25) is 19.6 Å². The van der Waals surface area contributed by atoms with Crippen LogP contribution < -0.4 is 19.3 Å². The van der Waals surface area contributed by atoms with E-state index >= 15 is 0 Å². The van der Waals surface area contributed by atoms with Gasteiger partial charge in [0.1, 0.15) is 17.3 Å². The number of hydrogen-bond acceptors (Lipinski definition) is 7. The first-order chi connectivity index (χ1) is 21.7. The highest BCUT2D eigenvalue weighted by molar-refractivity contribution is 7.92. The fraction of sp³-hybridized carbons (Fsp3) is 0.212. The number of carbonyl (C=O) groups excluding carboxylic acids is 1. The van der Waals surface area contributed by atoms with Crippen LogP contribution in [-0.4, -0.2) is 44.8 Å². The molecule has 4 aromatic rings. The summed E-state index contributed by atoms with van der Waals surface area (Å²) in [6, 6.07) is 25.0. The van der Waals surface area contributed by atoms with Crippen LogP contribution in [0.15, 0.2) is 101 Å². The Morgan fingerprint density at radius 3 is 2.38 bits per heavy atom. The number of aliphatic imine (C=N–C) groups is 1. The molecule has 0 atom stereocenters. The van der Waals surface area contributed by atoms with Gasteiger partial charge < -0.3 is 14.5 Å². The van der Waals surface area contributed by atoms with Gasteiger partial charge in [0.2, 0.25) is 0 Å². The van der Waals surface area contributed by atoms with Gasteiger partial charge in [0.05, 0.1) is 23.0 Å². The SMILES string of the molecule is CCOc1ccc(NS(=O)(=O)c2ccc(N3Cc4ccccc4C3=NC(=O)c3ccc(N4CCCC4)c([N+](=O)[O-])c3)cc2)cc1. The van der Waals surface area contributed by atoms with Crippen molar-refractivity contribution in [2.24, 2.45) is 4.99 Å². The van der Waals surface area contributed by atoms with Crippen LogP contribution >= 0.6 is 0 Å². The molecule has 0 bridgehead atoms. The Bertz CT molecular complexity index is 1890. The summed E-state index contributed by atoms with van der Waals surface area (Å²) in [5.74, 6) is 0.413. The lowest BCUT2D eigenvalue weighted by molar-refractivity contribution is -0.384. The number of ether oxygens (including phenoxy) is 1. The zero-order valence-electron chi connectivity index (χ0n) is 24.5. The molecule has 6 rings (SSSR count). The van der Waals surface area contributed by atoms with Gasteiger partial charge in [0.25, 0.3) is 21.6 Å². The number of nitro benzene ring substituents is 1. The first-order valence-electron chi connectivity index (χ1n) is 14.6. The molecule has 2 aliphatic heterocycles. The number of hydrogen-bond donors (Lipinski definition) is 1. The van der Waals surface area contributed by atoms with E-state index in [1.54, 1.807) is 48.5 Å². The minimum absolute atomic E-state index is 0.0665. The number of rotatable bonds is 9. The summed E-state index contributed by atoms with van der Waals surface area (Å²) in [6.07, 6.45) is 1.93. The number of sulfonamides is 1. The summed E-state index contributed by atoms with van der Waals surface area (Å²) in [5, 5.41) is 11.9. The predicted octanol–water partition coefficient (Wildman–Crippen LogP) is 6.00. The molecule has 0 unspecified atom stereocenters. The Hall–Kier alpha value is -5.23. The van der Waals surface area contributed by atoms with Crippen LogP contribution in [0.1, 0.15) is 41.3 Å². The fourth-order valence-electron chi connectivity index (χ4n) is 5.60. The smallest absolute Gasteiger partial charge is 0.293 e. The standard InChI is InChI=1S/C33H31N5O6S/c1-2-44-27-14-10-25(11-15-27)35-45(42,43)28-16-12-26(13-17-28)37-22-24-7-3-4-8-29(24)32(37)34-33(39)23-9-18-30(31(21-23)38(40)41)36-19-5-6-20-36/h3-4,7-18,21,35H,2,5-6,19-20,22H2,1H3. The summed E-state index contributed by atoms with van der Waals surface area (Å²) in [7, 11) is -3.87. The van der Waals surface area contributed by atoms with Gasteiger partial charge in [0.15, 0.2) is 0 Å². The highest BCUT2D eigenvalue weighted by atomic mass is 32.2. The average Bonchev–Trinajstić information content (AvgIpc) is 3.71. The number of anilines is 3. The number of benzene rings is 4.